The Labute approximate surface area is 358 Å². The standard InChI is InChI=1S/C58H38N2S/c1-2-11-39(12-3-1)40-21-29-46(30-22-40)59(48-33-25-42(26-34-48)45-28-35-53-54-36-27-43-13-4-5-16-50(43)58(54)61-57(53)38-45)47-31-23-41(24-32-47)44-14-10-15-49(37-44)60-55-19-8-6-17-51(55)52-18-7-9-20-56(52)60/h1-38H. The monoisotopic (exact) mass is 794 g/mol. The first-order chi connectivity index (χ1) is 30.2. The molecule has 0 aliphatic rings. The highest BCUT2D eigenvalue weighted by atomic mass is 32.1. The van der Waals surface area contributed by atoms with Crippen molar-refractivity contribution in [3.05, 3.63) is 231 Å². The van der Waals surface area contributed by atoms with Gasteiger partial charge in [0.05, 0.1) is 11.0 Å². The second kappa shape index (κ2) is 14.5. The van der Waals surface area contributed by atoms with E-state index in [1.165, 1.54) is 86.1 Å². The highest BCUT2D eigenvalue weighted by Crippen LogP contribution is 2.42. The molecule has 0 radical (unpaired) electrons. The van der Waals surface area contributed by atoms with Crippen LogP contribution >= 0.6 is 11.3 Å². The third-order valence-electron chi connectivity index (χ3n) is 12.2. The highest BCUT2D eigenvalue weighted by molar-refractivity contribution is 7.26. The van der Waals surface area contributed by atoms with Crippen LogP contribution in [0.25, 0.3) is 91.8 Å². The zero-order chi connectivity index (χ0) is 40.3. The Bertz CT molecular complexity index is 3510. The number of para-hydroxylation sites is 2. The number of fused-ring (bicyclic) bond motifs is 8. The maximum absolute atomic E-state index is 2.38. The predicted molar refractivity (Wildman–Crippen MR) is 262 cm³/mol. The van der Waals surface area contributed by atoms with E-state index in [-0.39, 0.29) is 0 Å². The highest BCUT2D eigenvalue weighted by Gasteiger charge is 2.16. The minimum atomic E-state index is 1.10. The molecule has 0 atom stereocenters. The van der Waals surface area contributed by atoms with Gasteiger partial charge in [0.2, 0.25) is 0 Å². The van der Waals surface area contributed by atoms with E-state index in [0.717, 1.165) is 22.7 Å². The van der Waals surface area contributed by atoms with E-state index in [0.29, 0.717) is 0 Å². The van der Waals surface area contributed by atoms with Crippen molar-refractivity contribution >= 4 is 81.1 Å². The number of hydrogen-bond acceptors (Lipinski definition) is 2. The molecule has 10 aromatic carbocycles. The maximum atomic E-state index is 2.38. The topological polar surface area (TPSA) is 8.17 Å². The Kier molecular flexibility index (Phi) is 8.39. The van der Waals surface area contributed by atoms with Gasteiger partial charge in [-0.3, -0.25) is 0 Å². The van der Waals surface area contributed by atoms with E-state index < -0.39 is 0 Å². The largest absolute Gasteiger partial charge is 0.311 e. The molecule has 12 rings (SSSR count). The first-order valence-corrected chi connectivity index (χ1v) is 21.6. The molecular weight excluding hydrogens is 757 g/mol. The molecule has 2 nitrogen and oxygen atoms in total. The Morgan fingerprint density at radius 2 is 0.787 bits per heavy atom. The summed E-state index contributed by atoms with van der Waals surface area (Å²) in [6.45, 7) is 0. The van der Waals surface area contributed by atoms with Gasteiger partial charge < -0.3 is 9.47 Å². The van der Waals surface area contributed by atoms with Gasteiger partial charge in [0, 0.05) is 53.7 Å². The lowest BCUT2D eigenvalue weighted by atomic mass is 10.0. The van der Waals surface area contributed by atoms with Crippen molar-refractivity contribution in [2.75, 3.05) is 4.90 Å². The first kappa shape index (κ1) is 35.2. The summed E-state index contributed by atoms with van der Waals surface area (Å²) in [4.78, 5) is 2.36. The number of aromatic nitrogens is 1. The van der Waals surface area contributed by atoms with Gasteiger partial charge in [0.15, 0.2) is 0 Å². The minimum Gasteiger partial charge on any atom is -0.311 e. The van der Waals surface area contributed by atoms with Crippen LogP contribution < -0.4 is 4.90 Å². The van der Waals surface area contributed by atoms with Crippen molar-refractivity contribution in [2.24, 2.45) is 0 Å². The second-order valence-electron chi connectivity index (χ2n) is 15.7. The fourth-order valence-electron chi connectivity index (χ4n) is 9.20. The third-order valence-corrected chi connectivity index (χ3v) is 13.4. The van der Waals surface area contributed by atoms with E-state index in [2.05, 4.69) is 240 Å². The van der Waals surface area contributed by atoms with E-state index >= 15 is 0 Å². The van der Waals surface area contributed by atoms with Crippen molar-refractivity contribution in [3.63, 3.8) is 0 Å². The molecule has 3 heteroatoms. The fraction of sp³-hybridized carbons (Fsp3) is 0. The van der Waals surface area contributed by atoms with Crippen LogP contribution in [0, 0.1) is 0 Å². The van der Waals surface area contributed by atoms with Crippen molar-refractivity contribution in [2.45, 2.75) is 0 Å². The van der Waals surface area contributed by atoms with E-state index in [9.17, 15) is 0 Å². The van der Waals surface area contributed by atoms with Gasteiger partial charge in [-0.05, 0) is 111 Å². The van der Waals surface area contributed by atoms with E-state index in [1.54, 1.807) is 0 Å². The number of benzene rings is 10. The van der Waals surface area contributed by atoms with E-state index in [1.807, 2.05) is 11.3 Å². The van der Waals surface area contributed by atoms with Crippen molar-refractivity contribution in [1.82, 2.24) is 4.57 Å². The molecule has 0 amide bonds. The summed E-state index contributed by atoms with van der Waals surface area (Å²) in [6, 6.07) is 84.0. The quantitative estimate of drug-likeness (QED) is 0.156. The molecule has 61 heavy (non-hydrogen) atoms. The summed E-state index contributed by atoms with van der Waals surface area (Å²) in [6.07, 6.45) is 0. The van der Waals surface area contributed by atoms with Crippen LogP contribution in [-0.2, 0) is 0 Å². The lowest BCUT2D eigenvalue weighted by Gasteiger charge is -2.26. The summed E-state index contributed by atoms with van der Waals surface area (Å²) in [5.41, 5.74) is 14.1. The van der Waals surface area contributed by atoms with Crippen molar-refractivity contribution in [3.8, 4) is 39.1 Å². The van der Waals surface area contributed by atoms with Gasteiger partial charge in [0.1, 0.15) is 0 Å². The van der Waals surface area contributed by atoms with Crippen LogP contribution in [-0.4, -0.2) is 4.57 Å². The zero-order valence-corrected chi connectivity index (χ0v) is 34.1. The van der Waals surface area contributed by atoms with Crippen LogP contribution in [0.3, 0.4) is 0 Å². The third kappa shape index (κ3) is 6.09. The molecule has 0 aliphatic carbocycles. The van der Waals surface area contributed by atoms with Gasteiger partial charge in [-0.1, -0.05) is 164 Å². The Hall–Kier alpha value is -7.72. The average Bonchev–Trinajstić information content (AvgIpc) is 3.89. The molecule has 12 aromatic rings. The van der Waals surface area contributed by atoms with Gasteiger partial charge in [-0.25, -0.2) is 0 Å². The molecule has 0 fully saturated rings. The number of rotatable bonds is 7. The average molecular weight is 795 g/mol. The number of hydrogen-bond donors (Lipinski definition) is 0. The molecule has 2 aromatic heterocycles. The molecule has 0 bridgehead atoms. The Morgan fingerprint density at radius 3 is 1.43 bits per heavy atom. The number of nitrogens with zero attached hydrogens (tertiary/aromatic N) is 2. The van der Waals surface area contributed by atoms with Gasteiger partial charge >= 0.3 is 0 Å². The van der Waals surface area contributed by atoms with Gasteiger partial charge in [-0.15, -0.1) is 11.3 Å². The van der Waals surface area contributed by atoms with Crippen molar-refractivity contribution < 1.29 is 0 Å². The summed E-state index contributed by atoms with van der Waals surface area (Å²) in [5.74, 6) is 0. The lowest BCUT2D eigenvalue weighted by Crippen LogP contribution is -2.09. The van der Waals surface area contributed by atoms with Crippen LogP contribution in [0.5, 0.6) is 0 Å². The fourth-order valence-corrected chi connectivity index (χ4v) is 10.5. The molecule has 286 valence electrons. The molecule has 2 heterocycles. The molecule has 0 saturated carbocycles. The Balaban J connectivity index is 0.906. The van der Waals surface area contributed by atoms with Crippen molar-refractivity contribution in [1.29, 1.82) is 0 Å². The molecule has 0 spiro atoms. The second-order valence-corrected chi connectivity index (χ2v) is 16.8. The smallest absolute Gasteiger partial charge is 0.0541 e. The summed E-state index contributed by atoms with van der Waals surface area (Å²) < 4.78 is 5.06. The van der Waals surface area contributed by atoms with Crippen LogP contribution in [0.15, 0.2) is 231 Å². The number of anilines is 3. The molecular formula is C58H38N2S. The molecule has 0 saturated heterocycles. The molecule has 0 aliphatic heterocycles. The van der Waals surface area contributed by atoms with E-state index in [4.69, 9.17) is 0 Å². The predicted octanol–water partition coefficient (Wildman–Crippen LogP) is 16.8. The van der Waals surface area contributed by atoms with Crippen LogP contribution in [0.1, 0.15) is 0 Å². The summed E-state index contributed by atoms with van der Waals surface area (Å²) in [5, 5.41) is 7.79. The first-order valence-electron chi connectivity index (χ1n) is 20.8. The van der Waals surface area contributed by atoms with Crippen LogP contribution in [0.4, 0.5) is 17.1 Å². The number of thiophene rings is 1. The SMILES string of the molecule is c1ccc(-c2ccc(N(c3ccc(-c4cccc(-n5c6ccccc6c6ccccc65)c4)cc3)c3ccc(-c4ccc5c(c4)sc4c6ccccc6ccc54)cc3)cc2)cc1. The van der Waals surface area contributed by atoms with Crippen LogP contribution in [0.2, 0.25) is 0 Å². The van der Waals surface area contributed by atoms with Gasteiger partial charge in [-0.2, -0.15) is 0 Å². The molecule has 0 N–H and O–H groups in total. The van der Waals surface area contributed by atoms with Gasteiger partial charge in [0.25, 0.3) is 0 Å². The summed E-state index contributed by atoms with van der Waals surface area (Å²) in [7, 11) is 0. The zero-order valence-electron chi connectivity index (χ0n) is 33.2. The maximum Gasteiger partial charge on any atom is 0.0541 e. The summed E-state index contributed by atoms with van der Waals surface area (Å²) >= 11 is 1.89. The molecule has 0 unspecified atom stereocenters. The lowest BCUT2D eigenvalue weighted by molar-refractivity contribution is 1.18. The Morgan fingerprint density at radius 1 is 0.311 bits per heavy atom. The normalized spacial score (nSPS) is 11.6. The minimum absolute atomic E-state index is 1.10.